The summed E-state index contributed by atoms with van der Waals surface area (Å²) in [7, 11) is 1.69. The number of ether oxygens (including phenoxy) is 2. The number of hydrogen-bond acceptors (Lipinski definition) is 8. The molecule has 0 fully saturated rings. The minimum atomic E-state index is 0.691. The minimum Gasteiger partial charge on any atom is -0.497 e. The van der Waals surface area contributed by atoms with E-state index in [1.54, 1.807) is 38.1 Å². The largest absolute Gasteiger partial charge is 0.497 e. The van der Waals surface area contributed by atoms with E-state index in [1.165, 1.54) is 65.3 Å². The first-order chi connectivity index (χ1) is 43.4. The molecular weight excluding hydrogens is 1140 g/mol. The Hall–Kier alpha value is -11.2. The van der Waals surface area contributed by atoms with Gasteiger partial charge in [0.15, 0.2) is 0 Å². The number of pyridine rings is 5. The zero-order valence-corrected chi connectivity index (χ0v) is 50.1. The Balaban J connectivity index is 0.000000114. The van der Waals surface area contributed by atoms with Crippen molar-refractivity contribution in [1.82, 2.24) is 24.9 Å². The molecule has 15 rings (SSSR count). The summed E-state index contributed by atoms with van der Waals surface area (Å²) in [5, 5.41) is 20.9. The molecule has 424 valence electrons. The molecule has 5 heterocycles. The van der Waals surface area contributed by atoms with Gasteiger partial charge < -0.3 is 9.47 Å². The predicted octanol–water partition coefficient (Wildman–Crippen LogP) is 20.6. The lowest BCUT2D eigenvalue weighted by atomic mass is 10.0. The van der Waals surface area contributed by atoms with Crippen LogP contribution in [0.1, 0.15) is 12.5 Å². The Morgan fingerprint density at radius 3 is 1.02 bits per heavy atom. The highest BCUT2D eigenvalue weighted by atomic mass is 79.9. The molecule has 88 heavy (non-hydrogen) atoms. The van der Waals surface area contributed by atoms with Crippen LogP contribution < -0.4 is 9.47 Å². The lowest BCUT2D eigenvalue weighted by molar-refractivity contribution is 0.341. The maximum atomic E-state index is 8.87. The van der Waals surface area contributed by atoms with Crippen molar-refractivity contribution in [2.45, 2.75) is 6.92 Å². The monoisotopic (exact) mass is 1200 g/mol. The molecule has 15 aromatic rings. The molecule has 9 heteroatoms. The molecule has 0 aliphatic carbocycles. The average Bonchev–Trinajstić information content (AvgIpc) is 3.76. The van der Waals surface area contributed by atoms with E-state index in [4.69, 9.17) is 14.7 Å². The van der Waals surface area contributed by atoms with Crippen molar-refractivity contribution in [2.24, 2.45) is 0 Å². The van der Waals surface area contributed by atoms with E-state index in [0.29, 0.717) is 12.2 Å². The predicted molar refractivity (Wildman–Crippen MR) is 366 cm³/mol. The summed E-state index contributed by atoms with van der Waals surface area (Å²) in [6.45, 7) is 2.69. The zero-order chi connectivity index (χ0) is 60.3. The van der Waals surface area contributed by atoms with Crippen LogP contribution in [0, 0.1) is 11.3 Å². The Bertz CT molecular complexity index is 4820. The number of rotatable bonds is 8. The van der Waals surface area contributed by atoms with Crippen molar-refractivity contribution in [3.63, 3.8) is 0 Å². The first-order valence-electron chi connectivity index (χ1n) is 28.7. The van der Waals surface area contributed by atoms with Crippen molar-refractivity contribution >= 4 is 69.8 Å². The number of aromatic nitrogens is 5. The smallest absolute Gasteiger partial charge is 0.119 e. The SMILES string of the molecule is Brc1ccc2cc(-c3cccnc3)ccc2c1.CCOc1ccc2cc(-c3cccnc3)ccc2c1.COc1ccc2cc(-c3cccnc3)ccc2c1.N#Cc1ccc2cc(-c3cccnc3)ccc2c1.c1cncc(-c2ccc3ccccc3c2)c1. The van der Waals surface area contributed by atoms with E-state index >= 15 is 0 Å². The summed E-state index contributed by atoms with van der Waals surface area (Å²) >= 11 is 3.49. The van der Waals surface area contributed by atoms with Gasteiger partial charge in [-0.15, -0.1) is 0 Å². The maximum Gasteiger partial charge on any atom is 0.119 e. The highest BCUT2D eigenvalue weighted by Crippen LogP contribution is 2.31. The van der Waals surface area contributed by atoms with Gasteiger partial charge in [0.05, 0.1) is 25.3 Å². The number of nitriles is 1. The van der Waals surface area contributed by atoms with Gasteiger partial charge in [0.1, 0.15) is 11.5 Å². The number of methoxy groups -OCH3 is 1. The van der Waals surface area contributed by atoms with Gasteiger partial charge >= 0.3 is 0 Å². The third kappa shape index (κ3) is 15.2. The molecule has 0 unspecified atom stereocenters. The van der Waals surface area contributed by atoms with Crippen molar-refractivity contribution in [3.05, 3.63) is 321 Å². The molecular formula is C79H59BrN6O2. The van der Waals surface area contributed by atoms with Crippen LogP contribution in [0.3, 0.4) is 0 Å². The van der Waals surface area contributed by atoms with Crippen LogP contribution in [0.15, 0.2) is 315 Å². The summed E-state index contributed by atoms with van der Waals surface area (Å²) in [6.07, 6.45) is 18.3. The number of hydrogen-bond donors (Lipinski definition) is 0. The Morgan fingerprint density at radius 2 is 0.636 bits per heavy atom. The summed E-state index contributed by atoms with van der Waals surface area (Å²) in [6, 6.07) is 87.0. The zero-order valence-electron chi connectivity index (χ0n) is 48.5. The number of halogens is 1. The van der Waals surface area contributed by atoms with Gasteiger partial charge in [0.25, 0.3) is 0 Å². The second-order valence-electron chi connectivity index (χ2n) is 20.4. The fourth-order valence-corrected chi connectivity index (χ4v) is 10.5. The quantitative estimate of drug-likeness (QED) is 0.148. The minimum absolute atomic E-state index is 0.691. The topological polar surface area (TPSA) is 107 Å². The average molecular weight is 1200 g/mol. The van der Waals surface area contributed by atoms with Crippen molar-refractivity contribution in [3.8, 4) is 73.2 Å². The molecule has 5 aromatic heterocycles. The fourth-order valence-electron chi connectivity index (χ4n) is 10.1. The Morgan fingerprint density at radius 1 is 0.318 bits per heavy atom. The highest BCUT2D eigenvalue weighted by molar-refractivity contribution is 9.10. The molecule has 0 radical (unpaired) electrons. The summed E-state index contributed by atoms with van der Waals surface area (Å²) < 4.78 is 11.9. The molecule has 0 amide bonds. The molecule has 8 nitrogen and oxygen atoms in total. The standard InChI is InChI=1S/C17H15NO.C16H10N2.C16H13NO.C15H10BrN.C15H11N/c1-2-19-17-8-7-13-10-14(5-6-15(13)11-17)16-4-3-9-18-12-16;17-10-12-3-4-14-9-15(6-5-13(14)8-12)16-2-1-7-18-11-16;1-18-16-7-6-12-9-13(4-5-14(12)10-16)15-3-2-8-17-11-15;16-15-6-5-11-8-12(3-4-13(11)9-15)14-2-1-7-17-10-14;1-2-5-13-10-14(8-7-12(13)4-1)15-6-3-9-16-11-15/h3-12H,2H2,1H3;1-9,11H;2-11H,1H3;1-10H;1-11H. The van der Waals surface area contributed by atoms with Crippen LogP contribution in [-0.4, -0.2) is 38.6 Å². The third-order valence-corrected chi connectivity index (χ3v) is 15.2. The lowest BCUT2D eigenvalue weighted by Gasteiger charge is -2.06. The number of fused-ring (bicyclic) bond motifs is 5. The molecule has 0 spiro atoms. The van der Waals surface area contributed by atoms with Gasteiger partial charge in [0, 0.05) is 94.3 Å². The van der Waals surface area contributed by atoms with E-state index in [9.17, 15) is 0 Å². The van der Waals surface area contributed by atoms with E-state index in [2.05, 4.69) is 217 Å². The van der Waals surface area contributed by atoms with Gasteiger partial charge in [0.2, 0.25) is 0 Å². The van der Waals surface area contributed by atoms with Crippen LogP contribution >= 0.6 is 15.9 Å². The van der Waals surface area contributed by atoms with Crippen LogP contribution in [-0.2, 0) is 0 Å². The Labute approximate surface area is 520 Å². The molecule has 10 aromatic carbocycles. The van der Waals surface area contributed by atoms with Gasteiger partial charge in [-0.1, -0.05) is 155 Å². The van der Waals surface area contributed by atoms with Crippen molar-refractivity contribution < 1.29 is 9.47 Å². The third-order valence-electron chi connectivity index (χ3n) is 14.7. The van der Waals surface area contributed by atoms with Crippen molar-refractivity contribution in [1.29, 1.82) is 5.26 Å². The first kappa shape index (κ1) is 58.6. The fraction of sp³-hybridized carbons (Fsp3) is 0.0380. The first-order valence-corrected chi connectivity index (χ1v) is 29.5. The molecule has 0 saturated carbocycles. The molecule has 0 aliphatic rings. The Kier molecular flexibility index (Phi) is 19.4. The van der Waals surface area contributed by atoms with Gasteiger partial charge in [-0.25, -0.2) is 0 Å². The lowest BCUT2D eigenvalue weighted by Crippen LogP contribution is -1.90. The summed E-state index contributed by atoms with van der Waals surface area (Å²) in [5.74, 6) is 1.81. The van der Waals surface area contributed by atoms with E-state index in [0.717, 1.165) is 60.1 Å². The summed E-state index contributed by atoms with van der Waals surface area (Å²) in [5.41, 5.74) is 12.3. The maximum absolute atomic E-state index is 8.87. The second kappa shape index (κ2) is 29.1. The molecule has 0 saturated heterocycles. The number of benzene rings is 10. The molecule has 0 bridgehead atoms. The molecule has 0 N–H and O–H groups in total. The van der Waals surface area contributed by atoms with Crippen LogP contribution in [0.25, 0.3) is 109 Å². The summed E-state index contributed by atoms with van der Waals surface area (Å²) in [4.78, 5) is 20.7. The van der Waals surface area contributed by atoms with Gasteiger partial charge in [-0.2, -0.15) is 5.26 Å². The van der Waals surface area contributed by atoms with E-state index < -0.39 is 0 Å². The van der Waals surface area contributed by atoms with Gasteiger partial charge in [-0.05, 0) is 198 Å². The van der Waals surface area contributed by atoms with E-state index in [1.807, 2.05) is 117 Å². The van der Waals surface area contributed by atoms with Crippen LogP contribution in [0.5, 0.6) is 11.5 Å². The van der Waals surface area contributed by atoms with Gasteiger partial charge in [-0.3, -0.25) is 24.9 Å². The molecule has 0 atom stereocenters. The normalized spacial score (nSPS) is 10.5. The highest BCUT2D eigenvalue weighted by Gasteiger charge is 2.06. The van der Waals surface area contributed by atoms with Crippen molar-refractivity contribution in [2.75, 3.05) is 13.7 Å². The second-order valence-corrected chi connectivity index (χ2v) is 21.4. The van der Waals surface area contributed by atoms with Crippen LogP contribution in [0.2, 0.25) is 0 Å². The number of nitrogens with zero attached hydrogens (tertiary/aromatic N) is 6. The van der Waals surface area contributed by atoms with E-state index in [-0.39, 0.29) is 0 Å². The van der Waals surface area contributed by atoms with Crippen LogP contribution in [0.4, 0.5) is 0 Å². The molecule has 0 aliphatic heterocycles.